The molecule has 0 saturated carbocycles. The van der Waals surface area contributed by atoms with Crippen molar-refractivity contribution in [2.75, 3.05) is 22.6 Å². The third kappa shape index (κ3) is 3.03. The van der Waals surface area contributed by atoms with Crippen LogP contribution in [0.15, 0.2) is 18.2 Å². The number of nitro benzene ring substituents is 1. The first-order valence-electron chi connectivity index (χ1n) is 5.55. The zero-order valence-electron chi connectivity index (χ0n) is 9.39. The molecule has 92 valence electrons. The summed E-state index contributed by atoms with van der Waals surface area (Å²) in [5.41, 5.74) is 7.08. The van der Waals surface area contributed by atoms with Crippen molar-refractivity contribution in [1.82, 2.24) is 0 Å². The maximum absolute atomic E-state index is 10.6. The lowest BCUT2D eigenvalue weighted by molar-refractivity contribution is -0.384. The van der Waals surface area contributed by atoms with Crippen LogP contribution in [0.4, 0.5) is 17.1 Å². The van der Waals surface area contributed by atoms with Gasteiger partial charge in [-0.25, -0.2) is 0 Å². The molecule has 6 heteroatoms. The van der Waals surface area contributed by atoms with Gasteiger partial charge in [-0.2, -0.15) is 11.8 Å². The van der Waals surface area contributed by atoms with Crippen molar-refractivity contribution in [2.45, 2.75) is 18.9 Å². The number of nitrogens with zero attached hydrogens (tertiary/aromatic N) is 1. The minimum atomic E-state index is -0.433. The predicted octanol–water partition coefficient (Wildman–Crippen LogP) is 2.48. The van der Waals surface area contributed by atoms with E-state index in [0.717, 1.165) is 30.0 Å². The van der Waals surface area contributed by atoms with Crippen molar-refractivity contribution >= 4 is 28.8 Å². The van der Waals surface area contributed by atoms with Crippen molar-refractivity contribution in [3.05, 3.63) is 28.3 Å². The van der Waals surface area contributed by atoms with Crippen LogP contribution in [-0.2, 0) is 0 Å². The number of nitrogens with two attached hydrogens (primary N) is 1. The SMILES string of the molecule is Nc1cc([N+](=O)[O-])ccc1NC1CCSCC1. The molecule has 1 fully saturated rings. The Balaban J connectivity index is 2.08. The second kappa shape index (κ2) is 5.27. The van der Waals surface area contributed by atoms with E-state index in [1.54, 1.807) is 6.07 Å². The first-order valence-corrected chi connectivity index (χ1v) is 6.70. The molecule has 5 nitrogen and oxygen atoms in total. The highest BCUT2D eigenvalue weighted by Crippen LogP contribution is 2.27. The molecule has 1 aromatic carbocycles. The summed E-state index contributed by atoms with van der Waals surface area (Å²) < 4.78 is 0. The van der Waals surface area contributed by atoms with Gasteiger partial charge in [-0.1, -0.05) is 0 Å². The van der Waals surface area contributed by atoms with E-state index < -0.39 is 4.92 Å². The van der Waals surface area contributed by atoms with Gasteiger partial charge in [0.25, 0.3) is 5.69 Å². The lowest BCUT2D eigenvalue weighted by Gasteiger charge is -2.24. The number of anilines is 2. The Bertz CT molecular complexity index is 419. The highest BCUT2D eigenvalue weighted by Gasteiger charge is 2.15. The molecule has 0 spiro atoms. The number of rotatable bonds is 3. The number of hydrogen-bond donors (Lipinski definition) is 2. The Kier molecular flexibility index (Phi) is 3.73. The van der Waals surface area contributed by atoms with Crippen molar-refractivity contribution in [1.29, 1.82) is 0 Å². The summed E-state index contributed by atoms with van der Waals surface area (Å²) in [5, 5.41) is 13.9. The third-order valence-corrected chi connectivity index (χ3v) is 3.88. The first-order chi connectivity index (χ1) is 8.16. The Morgan fingerprint density at radius 3 is 2.71 bits per heavy atom. The molecule has 0 radical (unpaired) electrons. The molecule has 0 aliphatic carbocycles. The highest BCUT2D eigenvalue weighted by atomic mass is 32.2. The molecule has 0 aromatic heterocycles. The van der Waals surface area contributed by atoms with Gasteiger partial charge in [0.15, 0.2) is 0 Å². The minimum absolute atomic E-state index is 0.0345. The van der Waals surface area contributed by atoms with Crippen molar-refractivity contribution in [2.24, 2.45) is 0 Å². The summed E-state index contributed by atoms with van der Waals surface area (Å²) in [7, 11) is 0. The van der Waals surface area contributed by atoms with Crippen LogP contribution < -0.4 is 11.1 Å². The Morgan fingerprint density at radius 1 is 1.41 bits per heavy atom. The maximum atomic E-state index is 10.6. The van der Waals surface area contributed by atoms with Crippen LogP contribution in [0, 0.1) is 10.1 Å². The van der Waals surface area contributed by atoms with E-state index in [1.165, 1.54) is 12.1 Å². The number of benzene rings is 1. The Labute approximate surface area is 104 Å². The molecule has 1 aliphatic rings. The number of thioether (sulfide) groups is 1. The molecule has 0 amide bonds. The number of nitrogen functional groups attached to an aromatic ring is 1. The van der Waals surface area contributed by atoms with E-state index in [2.05, 4.69) is 5.32 Å². The monoisotopic (exact) mass is 253 g/mol. The first kappa shape index (κ1) is 12.0. The average Bonchev–Trinajstić information content (AvgIpc) is 2.33. The van der Waals surface area contributed by atoms with Crippen LogP contribution in [0.25, 0.3) is 0 Å². The number of nitro groups is 1. The molecule has 0 bridgehead atoms. The molecular weight excluding hydrogens is 238 g/mol. The molecule has 1 aliphatic heterocycles. The quantitative estimate of drug-likeness (QED) is 0.491. The zero-order valence-corrected chi connectivity index (χ0v) is 10.2. The van der Waals surface area contributed by atoms with Crippen molar-refractivity contribution in [3.63, 3.8) is 0 Å². The summed E-state index contributed by atoms with van der Waals surface area (Å²) in [4.78, 5) is 10.1. The van der Waals surface area contributed by atoms with Crippen LogP contribution >= 0.6 is 11.8 Å². The molecule has 1 aromatic rings. The fourth-order valence-electron chi connectivity index (χ4n) is 1.86. The standard InChI is InChI=1S/C11H15N3O2S/c12-10-7-9(14(15)16)1-2-11(10)13-8-3-5-17-6-4-8/h1-2,7-8,13H,3-6,12H2. The molecule has 2 rings (SSSR count). The smallest absolute Gasteiger partial charge is 0.271 e. The number of nitrogens with one attached hydrogen (secondary N) is 1. The summed E-state index contributed by atoms with van der Waals surface area (Å²) in [6.45, 7) is 0. The number of non-ortho nitro benzene ring substituents is 1. The normalized spacial score (nSPS) is 16.7. The van der Waals surface area contributed by atoms with Gasteiger partial charge in [0.1, 0.15) is 0 Å². The van der Waals surface area contributed by atoms with Crippen LogP contribution in [0.1, 0.15) is 12.8 Å². The number of hydrogen-bond acceptors (Lipinski definition) is 5. The molecule has 3 N–H and O–H groups in total. The Morgan fingerprint density at radius 2 is 2.12 bits per heavy atom. The molecule has 17 heavy (non-hydrogen) atoms. The van der Waals surface area contributed by atoms with Gasteiger partial charge in [0.2, 0.25) is 0 Å². The van der Waals surface area contributed by atoms with Gasteiger partial charge in [-0.05, 0) is 30.4 Å². The second-order valence-corrected chi connectivity index (χ2v) is 5.28. The molecule has 0 unspecified atom stereocenters. The topological polar surface area (TPSA) is 81.2 Å². The van der Waals surface area contributed by atoms with E-state index in [9.17, 15) is 10.1 Å². The van der Waals surface area contributed by atoms with Crippen LogP contribution in [-0.4, -0.2) is 22.5 Å². The summed E-state index contributed by atoms with van der Waals surface area (Å²) in [6, 6.07) is 5.01. The van der Waals surface area contributed by atoms with Gasteiger partial charge in [-0.3, -0.25) is 10.1 Å². The van der Waals surface area contributed by atoms with Crippen molar-refractivity contribution in [3.8, 4) is 0 Å². The second-order valence-electron chi connectivity index (χ2n) is 4.06. The van der Waals surface area contributed by atoms with Gasteiger partial charge in [0, 0.05) is 18.2 Å². The summed E-state index contributed by atoms with van der Waals surface area (Å²) in [6.07, 6.45) is 2.22. The third-order valence-electron chi connectivity index (χ3n) is 2.83. The van der Waals surface area contributed by atoms with Gasteiger partial charge in [0.05, 0.1) is 16.3 Å². The highest BCUT2D eigenvalue weighted by molar-refractivity contribution is 7.99. The van der Waals surface area contributed by atoms with E-state index in [4.69, 9.17) is 5.73 Å². The molecule has 1 saturated heterocycles. The van der Waals surface area contributed by atoms with E-state index >= 15 is 0 Å². The van der Waals surface area contributed by atoms with E-state index in [-0.39, 0.29) is 5.69 Å². The predicted molar refractivity (Wildman–Crippen MR) is 71.5 cm³/mol. The van der Waals surface area contributed by atoms with Gasteiger partial charge >= 0.3 is 0 Å². The molecule has 1 heterocycles. The summed E-state index contributed by atoms with van der Waals surface area (Å²) >= 11 is 1.96. The lowest BCUT2D eigenvalue weighted by atomic mass is 10.1. The Hall–Kier alpha value is -1.43. The maximum Gasteiger partial charge on any atom is 0.271 e. The van der Waals surface area contributed by atoms with Crippen LogP contribution in [0.3, 0.4) is 0 Å². The van der Waals surface area contributed by atoms with Gasteiger partial charge in [-0.15, -0.1) is 0 Å². The fourth-order valence-corrected chi connectivity index (χ4v) is 2.96. The minimum Gasteiger partial charge on any atom is -0.397 e. The molecule has 0 atom stereocenters. The molecular formula is C11H15N3O2S. The lowest BCUT2D eigenvalue weighted by Crippen LogP contribution is -2.24. The van der Waals surface area contributed by atoms with E-state index in [0.29, 0.717) is 11.7 Å². The fraction of sp³-hybridized carbons (Fsp3) is 0.455. The zero-order chi connectivity index (χ0) is 12.3. The van der Waals surface area contributed by atoms with Crippen molar-refractivity contribution < 1.29 is 4.92 Å². The van der Waals surface area contributed by atoms with Crippen LogP contribution in [0.5, 0.6) is 0 Å². The average molecular weight is 253 g/mol. The van der Waals surface area contributed by atoms with Gasteiger partial charge < -0.3 is 11.1 Å². The largest absolute Gasteiger partial charge is 0.397 e. The van der Waals surface area contributed by atoms with E-state index in [1.807, 2.05) is 11.8 Å². The summed E-state index contributed by atoms with van der Waals surface area (Å²) in [5.74, 6) is 2.31. The van der Waals surface area contributed by atoms with Crippen LogP contribution in [0.2, 0.25) is 0 Å².